The minimum atomic E-state index is -3.96. The molecule has 2 atom stereocenters. The first-order valence-corrected chi connectivity index (χ1v) is 9.01. The molecule has 24 heavy (non-hydrogen) atoms. The highest BCUT2D eigenvalue weighted by Gasteiger charge is 2.45. The van der Waals surface area contributed by atoms with Crippen LogP contribution in [0.5, 0.6) is 0 Å². The molecular weight excluding hydrogens is 333 g/mol. The molecule has 128 valence electrons. The highest BCUT2D eigenvalue weighted by atomic mass is 32.2. The number of aromatic nitrogens is 2. The van der Waals surface area contributed by atoms with E-state index in [0.717, 1.165) is 5.56 Å². The van der Waals surface area contributed by atoms with Crippen LogP contribution in [0.4, 0.5) is 4.39 Å². The summed E-state index contributed by atoms with van der Waals surface area (Å²) in [6.07, 6.45) is 0.554. The van der Waals surface area contributed by atoms with Gasteiger partial charge < -0.3 is 0 Å². The first-order chi connectivity index (χ1) is 11.2. The second-order valence-electron chi connectivity index (χ2n) is 6.09. The molecule has 1 aromatic heterocycles. The van der Waals surface area contributed by atoms with Crippen molar-refractivity contribution in [3.05, 3.63) is 47.0 Å². The summed E-state index contributed by atoms with van der Waals surface area (Å²) < 4.78 is 41.5. The van der Waals surface area contributed by atoms with E-state index in [1.165, 1.54) is 16.8 Å². The van der Waals surface area contributed by atoms with Crippen LogP contribution in [0.1, 0.15) is 29.3 Å². The molecule has 0 saturated heterocycles. The fourth-order valence-electron chi connectivity index (χ4n) is 2.97. The van der Waals surface area contributed by atoms with Gasteiger partial charge in [-0.2, -0.15) is 5.10 Å². The number of hydrogen-bond acceptors (Lipinski definition) is 4. The zero-order chi connectivity index (χ0) is 17.6. The Bertz CT molecular complexity index is 903. The number of aryl methyl sites for hydroxylation is 2. The zero-order valence-corrected chi connectivity index (χ0v) is 14.4. The summed E-state index contributed by atoms with van der Waals surface area (Å²) in [6, 6.07) is 5.91. The average molecular weight is 351 g/mol. The summed E-state index contributed by atoms with van der Waals surface area (Å²) in [5, 5.41) is 4.07. The molecular formula is C16H18FN3O3S. The van der Waals surface area contributed by atoms with E-state index in [-0.39, 0.29) is 16.6 Å². The van der Waals surface area contributed by atoms with Crippen LogP contribution in [-0.4, -0.2) is 24.1 Å². The minimum Gasteiger partial charge on any atom is -0.274 e. The molecule has 0 aliphatic heterocycles. The summed E-state index contributed by atoms with van der Waals surface area (Å²) in [5.41, 5.74) is 1.66. The van der Waals surface area contributed by atoms with Gasteiger partial charge in [-0.05, 0) is 43.9 Å². The molecule has 1 aliphatic rings. The van der Waals surface area contributed by atoms with Crippen molar-refractivity contribution in [2.24, 2.45) is 13.0 Å². The fourth-order valence-corrected chi connectivity index (χ4v) is 4.43. The van der Waals surface area contributed by atoms with E-state index in [0.29, 0.717) is 17.8 Å². The Balaban J connectivity index is 1.75. The first kappa shape index (κ1) is 16.6. The number of hydrogen-bond donors (Lipinski definition) is 1. The molecule has 6 nitrogen and oxygen atoms in total. The first-order valence-electron chi connectivity index (χ1n) is 7.53. The van der Waals surface area contributed by atoms with Crippen molar-refractivity contribution in [1.29, 1.82) is 0 Å². The maximum absolute atomic E-state index is 12.9. The number of carbonyl (C=O) groups is 1. The van der Waals surface area contributed by atoms with Gasteiger partial charge in [0, 0.05) is 13.0 Å². The van der Waals surface area contributed by atoms with E-state index in [1.54, 1.807) is 33.0 Å². The van der Waals surface area contributed by atoms with Gasteiger partial charge in [-0.3, -0.25) is 9.48 Å². The average Bonchev–Trinajstić information content (AvgIpc) is 3.22. The molecule has 1 aliphatic carbocycles. The van der Waals surface area contributed by atoms with Crippen LogP contribution in [-0.2, 0) is 21.9 Å². The Labute approximate surface area is 139 Å². The van der Waals surface area contributed by atoms with Gasteiger partial charge in [0.15, 0.2) is 0 Å². The molecule has 0 bridgehead atoms. The third kappa shape index (κ3) is 2.93. The largest absolute Gasteiger partial charge is 0.274 e. The normalized spacial score (nSPS) is 20.0. The smallest absolute Gasteiger partial charge is 0.267 e. The van der Waals surface area contributed by atoms with Crippen LogP contribution >= 0.6 is 0 Å². The van der Waals surface area contributed by atoms with Crippen molar-refractivity contribution in [1.82, 2.24) is 14.5 Å². The third-order valence-electron chi connectivity index (χ3n) is 4.37. The molecule has 1 amide bonds. The Hall–Kier alpha value is -2.22. The lowest BCUT2D eigenvalue weighted by Gasteiger charge is -2.07. The quantitative estimate of drug-likeness (QED) is 0.910. The van der Waals surface area contributed by atoms with Gasteiger partial charge >= 0.3 is 0 Å². The Morgan fingerprint density at radius 2 is 1.92 bits per heavy atom. The molecule has 1 N–H and O–H groups in total. The van der Waals surface area contributed by atoms with Gasteiger partial charge in [0.05, 0.1) is 11.4 Å². The molecule has 1 heterocycles. The van der Waals surface area contributed by atoms with E-state index in [1.807, 2.05) is 0 Å². The van der Waals surface area contributed by atoms with Crippen molar-refractivity contribution in [3.63, 3.8) is 0 Å². The van der Waals surface area contributed by atoms with Crippen LogP contribution in [0, 0.1) is 25.6 Å². The van der Waals surface area contributed by atoms with Gasteiger partial charge in [0.2, 0.25) is 5.91 Å². The molecule has 1 fully saturated rings. The maximum Gasteiger partial charge on any atom is 0.267 e. The fraction of sp³-hybridized carbons (Fsp3) is 0.375. The summed E-state index contributed by atoms with van der Waals surface area (Å²) in [6.45, 7) is 3.22. The molecule has 1 aromatic carbocycles. The number of benzene rings is 1. The highest BCUT2D eigenvalue weighted by molar-refractivity contribution is 7.90. The second kappa shape index (κ2) is 5.70. The Morgan fingerprint density at radius 3 is 2.46 bits per heavy atom. The molecule has 8 heteroatoms. The molecule has 0 radical (unpaired) electrons. The van der Waals surface area contributed by atoms with Crippen molar-refractivity contribution in [2.75, 3.05) is 0 Å². The van der Waals surface area contributed by atoms with E-state index < -0.39 is 21.8 Å². The number of nitrogens with zero attached hydrogens (tertiary/aromatic N) is 2. The zero-order valence-electron chi connectivity index (χ0n) is 13.6. The molecule has 3 rings (SSSR count). The number of nitrogens with one attached hydrogen (secondary N) is 1. The molecule has 1 saturated carbocycles. The second-order valence-corrected chi connectivity index (χ2v) is 7.71. The maximum atomic E-state index is 12.9. The number of amides is 1. The van der Waals surface area contributed by atoms with Gasteiger partial charge in [-0.1, -0.05) is 12.1 Å². The van der Waals surface area contributed by atoms with Crippen LogP contribution in [0.25, 0.3) is 0 Å². The number of carbonyl (C=O) groups excluding carboxylic acids is 1. The molecule has 0 unspecified atom stereocenters. The summed E-state index contributed by atoms with van der Waals surface area (Å²) in [7, 11) is -2.31. The molecule has 2 aromatic rings. The monoisotopic (exact) mass is 351 g/mol. The molecule has 0 spiro atoms. The van der Waals surface area contributed by atoms with Crippen molar-refractivity contribution in [2.45, 2.75) is 31.1 Å². The van der Waals surface area contributed by atoms with Crippen molar-refractivity contribution < 1.29 is 17.6 Å². The lowest BCUT2D eigenvalue weighted by Crippen LogP contribution is -2.32. The van der Waals surface area contributed by atoms with Crippen LogP contribution < -0.4 is 4.72 Å². The van der Waals surface area contributed by atoms with Crippen molar-refractivity contribution >= 4 is 15.9 Å². The van der Waals surface area contributed by atoms with Gasteiger partial charge in [0.1, 0.15) is 10.7 Å². The van der Waals surface area contributed by atoms with Crippen LogP contribution in [0.3, 0.4) is 0 Å². The van der Waals surface area contributed by atoms with E-state index in [2.05, 4.69) is 9.82 Å². The topological polar surface area (TPSA) is 81.1 Å². The number of halogens is 1. The Kier molecular flexibility index (Phi) is 3.95. The lowest BCUT2D eigenvalue weighted by molar-refractivity contribution is -0.120. The van der Waals surface area contributed by atoms with Gasteiger partial charge in [-0.25, -0.2) is 17.5 Å². The summed E-state index contributed by atoms with van der Waals surface area (Å²) in [4.78, 5) is 12.3. The summed E-state index contributed by atoms with van der Waals surface area (Å²) in [5.74, 6) is -1.36. The van der Waals surface area contributed by atoms with Gasteiger partial charge in [-0.15, -0.1) is 0 Å². The Morgan fingerprint density at radius 1 is 1.29 bits per heavy atom. The van der Waals surface area contributed by atoms with E-state index in [9.17, 15) is 17.6 Å². The minimum absolute atomic E-state index is 0.0392. The SMILES string of the molecule is Cc1nn(C)c(C)c1S(=O)(=O)NC(=O)[C@@H]1C[C@H]1c1ccc(F)cc1. The number of sulfonamides is 1. The van der Waals surface area contributed by atoms with E-state index in [4.69, 9.17) is 0 Å². The predicted octanol–water partition coefficient (Wildman–Crippen LogP) is 1.78. The number of rotatable bonds is 4. The summed E-state index contributed by atoms with van der Waals surface area (Å²) >= 11 is 0. The van der Waals surface area contributed by atoms with Crippen molar-refractivity contribution in [3.8, 4) is 0 Å². The van der Waals surface area contributed by atoms with E-state index >= 15 is 0 Å². The predicted molar refractivity (Wildman–Crippen MR) is 85.3 cm³/mol. The van der Waals surface area contributed by atoms with Gasteiger partial charge in [0.25, 0.3) is 10.0 Å². The van der Waals surface area contributed by atoms with Crippen LogP contribution in [0.15, 0.2) is 29.2 Å². The lowest BCUT2D eigenvalue weighted by atomic mass is 10.1. The highest BCUT2D eigenvalue weighted by Crippen LogP contribution is 2.47. The third-order valence-corrected chi connectivity index (χ3v) is 5.97. The standard InChI is InChI=1S/C16H18FN3O3S/c1-9-15(10(2)20(3)18-9)24(22,23)19-16(21)14-8-13(14)11-4-6-12(17)7-5-11/h4-7,13-14H,8H2,1-3H3,(H,19,21)/t13-,14+/m0/s1. The van der Waals surface area contributed by atoms with Crippen LogP contribution in [0.2, 0.25) is 0 Å².